The Kier molecular flexibility index (Phi) is 5.11. The number of aliphatic carboxylic acids is 1. The molecule has 2 heterocycles. The standard InChI is InChI=1S/C18H18FN3O4/c19-14-4-2-1-3-13(14)15-5-6-16(23)22(20-15)11-17(24)21-9-7-12(8-10-21)18(25)26/h1-6,12H,7-11H2,(H,25,26). The third-order valence-electron chi connectivity index (χ3n) is 4.50. The summed E-state index contributed by atoms with van der Waals surface area (Å²) in [5, 5.41) is 13.1. The molecule has 1 aliphatic heterocycles. The fraction of sp³-hybridized carbons (Fsp3) is 0.333. The van der Waals surface area contributed by atoms with Crippen molar-refractivity contribution in [2.45, 2.75) is 19.4 Å². The van der Waals surface area contributed by atoms with Gasteiger partial charge in [0.05, 0.1) is 11.6 Å². The summed E-state index contributed by atoms with van der Waals surface area (Å²) in [4.78, 5) is 36.9. The van der Waals surface area contributed by atoms with E-state index < -0.39 is 23.3 Å². The molecule has 1 aliphatic rings. The SMILES string of the molecule is O=C(O)C1CCN(C(=O)Cn2nc(-c3ccccc3F)ccc2=O)CC1. The highest BCUT2D eigenvalue weighted by molar-refractivity contribution is 5.77. The average molecular weight is 359 g/mol. The summed E-state index contributed by atoms with van der Waals surface area (Å²) in [6.07, 6.45) is 0.775. The second kappa shape index (κ2) is 7.47. The van der Waals surface area contributed by atoms with Gasteiger partial charge in [-0.1, -0.05) is 12.1 Å². The highest BCUT2D eigenvalue weighted by Crippen LogP contribution is 2.19. The largest absolute Gasteiger partial charge is 0.481 e. The van der Waals surface area contributed by atoms with Crippen molar-refractivity contribution in [3.63, 3.8) is 0 Å². The van der Waals surface area contributed by atoms with Crippen molar-refractivity contribution in [1.82, 2.24) is 14.7 Å². The number of aromatic nitrogens is 2. The van der Waals surface area contributed by atoms with Crippen LogP contribution in [-0.2, 0) is 16.1 Å². The summed E-state index contributed by atoms with van der Waals surface area (Å²) >= 11 is 0. The fourth-order valence-corrected chi connectivity index (χ4v) is 2.98. The minimum Gasteiger partial charge on any atom is -0.481 e. The number of carboxylic acid groups (broad SMARTS) is 1. The van der Waals surface area contributed by atoms with Gasteiger partial charge in [-0.3, -0.25) is 14.4 Å². The van der Waals surface area contributed by atoms with Crippen LogP contribution in [0.3, 0.4) is 0 Å². The molecule has 1 aromatic carbocycles. The maximum Gasteiger partial charge on any atom is 0.306 e. The number of carbonyl (C=O) groups is 2. The van der Waals surface area contributed by atoms with E-state index in [0.29, 0.717) is 25.9 Å². The second-order valence-corrected chi connectivity index (χ2v) is 6.19. The first-order valence-electron chi connectivity index (χ1n) is 8.29. The van der Waals surface area contributed by atoms with Crippen LogP contribution in [0.2, 0.25) is 0 Å². The van der Waals surface area contributed by atoms with Crippen LogP contribution in [0.25, 0.3) is 11.3 Å². The number of amides is 1. The lowest BCUT2D eigenvalue weighted by Gasteiger charge is -2.30. The summed E-state index contributed by atoms with van der Waals surface area (Å²) in [6.45, 7) is 0.397. The van der Waals surface area contributed by atoms with Gasteiger partial charge in [0.25, 0.3) is 5.56 Å². The summed E-state index contributed by atoms with van der Waals surface area (Å²) in [5.41, 5.74) is 0.0509. The van der Waals surface area contributed by atoms with E-state index in [1.807, 2.05) is 0 Å². The lowest BCUT2D eigenvalue weighted by atomic mass is 9.97. The number of likely N-dealkylation sites (tertiary alicyclic amines) is 1. The van der Waals surface area contributed by atoms with Crippen LogP contribution in [-0.4, -0.2) is 44.8 Å². The van der Waals surface area contributed by atoms with Gasteiger partial charge in [0.15, 0.2) is 0 Å². The van der Waals surface area contributed by atoms with Gasteiger partial charge in [0, 0.05) is 24.7 Å². The van der Waals surface area contributed by atoms with Crippen LogP contribution in [0.4, 0.5) is 4.39 Å². The number of carbonyl (C=O) groups excluding carboxylic acids is 1. The quantitative estimate of drug-likeness (QED) is 0.890. The molecule has 0 unspecified atom stereocenters. The van der Waals surface area contributed by atoms with Crippen molar-refractivity contribution in [1.29, 1.82) is 0 Å². The van der Waals surface area contributed by atoms with Crippen molar-refractivity contribution < 1.29 is 19.1 Å². The van der Waals surface area contributed by atoms with Gasteiger partial charge < -0.3 is 10.0 Å². The van der Waals surface area contributed by atoms with E-state index >= 15 is 0 Å². The molecular formula is C18H18FN3O4. The van der Waals surface area contributed by atoms with Crippen molar-refractivity contribution in [3.8, 4) is 11.3 Å². The summed E-state index contributed by atoms with van der Waals surface area (Å²) < 4.78 is 14.9. The van der Waals surface area contributed by atoms with Gasteiger partial charge in [0.1, 0.15) is 12.4 Å². The van der Waals surface area contributed by atoms with Gasteiger partial charge in [-0.25, -0.2) is 9.07 Å². The van der Waals surface area contributed by atoms with E-state index in [-0.39, 0.29) is 23.7 Å². The number of nitrogens with zero attached hydrogens (tertiary/aromatic N) is 3. The molecule has 136 valence electrons. The number of hydrogen-bond donors (Lipinski definition) is 1. The minimum absolute atomic E-state index is 0.246. The molecule has 26 heavy (non-hydrogen) atoms. The summed E-state index contributed by atoms with van der Waals surface area (Å²) in [6, 6.07) is 8.72. The molecule has 0 saturated carbocycles. The van der Waals surface area contributed by atoms with Crippen LogP contribution in [0.5, 0.6) is 0 Å². The predicted molar refractivity (Wildman–Crippen MR) is 90.8 cm³/mol. The third-order valence-corrected chi connectivity index (χ3v) is 4.50. The average Bonchev–Trinajstić information content (AvgIpc) is 2.64. The van der Waals surface area contributed by atoms with Crippen molar-refractivity contribution >= 4 is 11.9 Å². The Labute approximate surface area is 148 Å². The van der Waals surface area contributed by atoms with Crippen molar-refractivity contribution in [2.24, 2.45) is 5.92 Å². The number of rotatable bonds is 4. The molecule has 0 bridgehead atoms. The molecule has 1 saturated heterocycles. The first-order valence-corrected chi connectivity index (χ1v) is 8.29. The van der Waals surface area contributed by atoms with E-state index in [2.05, 4.69) is 5.10 Å². The van der Waals surface area contributed by atoms with E-state index in [1.54, 1.807) is 18.2 Å². The Morgan fingerprint density at radius 2 is 1.85 bits per heavy atom. The Hall–Kier alpha value is -3.03. The molecule has 0 spiro atoms. The van der Waals surface area contributed by atoms with Crippen LogP contribution >= 0.6 is 0 Å². The van der Waals surface area contributed by atoms with Crippen LogP contribution in [0, 0.1) is 11.7 Å². The smallest absolute Gasteiger partial charge is 0.306 e. The number of halogens is 1. The van der Waals surface area contributed by atoms with Gasteiger partial charge in [-0.15, -0.1) is 0 Å². The number of carboxylic acids is 1. The molecule has 0 aliphatic carbocycles. The Balaban J connectivity index is 1.75. The maximum absolute atomic E-state index is 13.9. The zero-order chi connectivity index (χ0) is 18.7. The van der Waals surface area contributed by atoms with E-state index in [4.69, 9.17) is 5.11 Å². The highest BCUT2D eigenvalue weighted by atomic mass is 19.1. The zero-order valence-electron chi connectivity index (χ0n) is 14.0. The first kappa shape index (κ1) is 17.8. The molecule has 0 radical (unpaired) electrons. The molecule has 1 N–H and O–H groups in total. The van der Waals surface area contributed by atoms with E-state index in [0.717, 1.165) is 4.68 Å². The Morgan fingerprint density at radius 3 is 2.50 bits per heavy atom. The van der Waals surface area contributed by atoms with E-state index in [1.165, 1.54) is 23.1 Å². The molecule has 1 amide bonds. The third kappa shape index (κ3) is 3.79. The first-order chi connectivity index (χ1) is 12.5. The maximum atomic E-state index is 13.9. The molecular weight excluding hydrogens is 341 g/mol. The predicted octanol–water partition coefficient (Wildman–Crippen LogP) is 1.37. The minimum atomic E-state index is -0.854. The second-order valence-electron chi connectivity index (χ2n) is 6.19. The Morgan fingerprint density at radius 1 is 1.15 bits per heavy atom. The lowest BCUT2D eigenvalue weighted by molar-refractivity contribution is -0.145. The highest BCUT2D eigenvalue weighted by Gasteiger charge is 2.27. The Bertz CT molecular complexity index is 888. The molecule has 1 fully saturated rings. The van der Waals surface area contributed by atoms with Crippen LogP contribution in [0.1, 0.15) is 12.8 Å². The number of hydrogen-bond acceptors (Lipinski definition) is 4. The molecule has 3 rings (SSSR count). The fourth-order valence-electron chi connectivity index (χ4n) is 2.98. The summed E-state index contributed by atoms with van der Waals surface area (Å²) in [7, 11) is 0. The monoisotopic (exact) mass is 359 g/mol. The number of piperidine rings is 1. The van der Waals surface area contributed by atoms with Crippen LogP contribution in [0.15, 0.2) is 41.2 Å². The normalized spacial score (nSPS) is 15.0. The van der Waals surface area contributed by atoms with Crippen molar-refractivity contribution in [3.05, 3.63) is 52.6 Å². The molecule has 2 aromatic rings. The molecule has 7 nitrogen and oxygen atoms in total. The number of benzene rings is 1. The van der Waals surface area contributed by atoms with Gasteiger partial charge >= 0.3 is 5.97 Å². The molecule has 0 atom stereocenters. The zero-order valence-corrected chi connectivity index (χ0v) is 14.0. The molecule has 1 aromatic heterocycles. The van der Waals surface area contributed by atoms with E-state index in [9.17, 15) is 18.8 Å². The van der Waals surface area contributed by atoms with Gasteiger partial charge in [-0.2, -0.15) is 5.10 Å². The lowest BCUT2D eigenvalue weighted by Crippen LogP contribution is -2.43. The molecule has 8 heteroatoms. The van der Waals surface area contributed by atoms with Crippen LogP contribution < -0.4 is 5.56 Å². The van der Waals surface area contributed by atoms with Gasteiger partial charge in [-0.05, 0) is 31.0 Å². The van der Waals surface area contributed by atoms with Gasteiger partial charge in [0.2, 0.25) is 5.91 Å². The topological polar surface area (TPSA) is 92.5 Å². The summed E-state index contributed by atoms with van der Waals surface area (Å²) in [5.74, 6) is -2.07. The van der Waals surface area contributed by atoms with Crippen molar-refractivity contribution in [2.75, 3.05) is 13.1 Å².